The molecule has 2 aromatic rings. The number of sulfonamides is 1. The molecule has 0 saturated heterocycles. The predicted molar refractivity (Wildman–Crippen MR) is 138 cm³/mol. The summed E-state index contributed by atoms with van der Waals surface area (Å²) in [5.41, 5.74) is -8.25. The molecule has 39 heavy (non-hydrogen) atoms. The summed E-state index contributed by atoms with van der Waals surface area (Å²) in [5, 5.41) is 4.78. The van der Waals surface area contributed by atoms with Crippen molar-refractivity contribution in [3.8, 4) is 0 Å². The van der Waals surface area contributed by atoms with Crippen molar-refractivity contribution in [1.82, 2.24) is 10.0 Å². The highest BCUT2D eigenvalue weighted by atomic mass is 127. The van der Waals surface area contributed by atoms with Crippen molar-refractivity contribution >= 4 is 50.1 Å². The summed E-state index contributed by atoms with van der Waals surface area (Å²) in [6.45, 7) is 4.22. The number of nitrogens with one attached hydrogen (secondary N) is 3. The Labute approximate surface area is 233 Å². The second kappa shape index (κ2) is 12.0. The van der Waals surface area contributed by atoms with Gasteiger partial charge in [0.2, 0.25) is 10.0 Å². The molecular formula is C23H23F7IN3O4S. The fourth-order valence-electron chi connectivity index (χ4n) is 3.59. The van der Waals surface area contributed by atoms with E-state index in [1.165, 1.54) is 25.1 Å². The summed E-state index contributed by atoms with van der Waals surface area (Å²) in [6, 6.07) is 4.57. The Balaban J connectivity index is 2.37. The monoisotopic (exact) mass is 697 g/mol. The van der Waals surface area contributed by atoms with Crippen LogP contribution in [0, 0.1) is 10.5 Å². The average molecular weight is 697 g/mol. The van der Waals surface area contributed by atoms with Crippen LogP contribution in [-0.4, -0.2) is 50.9 Å². The minimum atomic E-state index is -6.30. The molecule has 2 amide bonds. The summed E-state index contributed by atoms with van der Waals surface area (Å²) in [5.74, 6) is -2.19. The van der Waals surface area contributed by atoms with Crippen LogP contribution in [0.5, 0.6) is 0 Å². The van der Waals surface area contributed by atoms with Crippen LogP contribution < -0.4 is 15.4 Å². The van der Waals surface area contributed by atoms with Gasteiger partial charge in [-0.2, -0.15) is 26.3 Å². The van der Waals surface area contributed by atoms with E-state index in [0.29, 0.717) is 15.7 Å². The Kier molecular flexibility index (Phi) is 10.0. The smallest absolute Gasteiger partial charge is 0.348 e. The molecule has 7 nitrogen and oxygen atoms in total. The third-order valence-corrected chi connectivity index (χ3v) is 7.92. The molecule has 0 radical (unpaired) electrons. The molecule has 16 heteroatoms. The highest BCUT2D eigenvalue weighted by Gasteiger charge is 2.73. The molecule has 0 bridgehead atoms. The first-order valence-corrected chi connectivity index (χ1v) is 13.8. The van der Waals surface area contributed by atoms with E-state index in [2.05, 4.69) is 15.4 Å². The Morgan fingerprint density at radius 2 is 1.56 bits per heavy atom. The van der Waals surface area contributed by atoms with Gasteiger partial charge in [0.15, 0.2) is 0 Å². The lowest BCUT2D eigenvalue weighted by atomic mass is 9.92. The fraction of sp³-hybridized carbons (Fsp3) is 0.391. The highest BCUT2D eigenvalue weighted by Crippen LogP contribution is 2.53. The molecule has 3 N–H and O–H groups in total. The minimum Gasteiger partial charge on any atom is -0.348 e. The maximum Gasteiger partial charge on any atom is 0.435 e. The third kappa shape index (κ3) is 7.39. The molecule has 0 aliphatic carbocycles. The van der Waals surface area contributed by atoms with Crippen LogP contribution in [0.25, 0.3) is 0 Å². The first-order valence-electron chi connectivity index (χ1n) is 11.1. The Bertz CT molecular complexity index is 1330. The molecule has 1 unspecified atom stereocenters. The SMILES string of the molecule is CCNS(=O)(=O)CC(C)NC(=O)c1c(I)cccc1C(=O)Nc1ccc(C(F)(C(F)(F)F)C(F)(F)F)cc1C. The average Bonchev–Trinajstić information content (AvgIpc) is 2.77. The van der Waals surface area contributed by atoms with Crippen molar-refractivity contribution < 1.29 is 48.7 Å². The first-order chi connectivity index (χ1) is 17.7. The molecule has 0 aliphatic rings. The van der Waals surface area contributed by atoms with Crippen LogP contribution in [-0.2, 0) is 15.7 Å². The van der Waals surface area contributed by atoms with Gasteiger partial charge in [-0.05, 0) is 60.2 Å². The standard InChI is InChI=1S/C23H23F7IN3O4S/c1-4-32-39(37,38)11-13(3)33-20(36)18-15(6-5-7-16(18)31)19(35)34-17-9-8-14(10-12(17)2)21(24,22(25,26)27)23(28,29)30/h5-10,13,32H,4,11H2,1-3H3,(H,33,36)(H,34,35). The van der Waals surface area contributed by atoms with Gasteiger partial charge >= 0.3 is 18.0 Å². The molecule has 0 heterocycles. The fourth-order valence-corrected chi connectivity index (χ4v) is 5.63. The maximum atomic E-state index is 14.4. The number of aryl methyl sites for hydroxylation is 1. The van der Waals surface area contributed by atoms with E-state index in [4.69, 9.17) is 0 Å². The number of carbonyl (C=O) groups excluding carboxylic acids is 2. The van der Waals surface area contributed by atoms with Gasteiger partial charge in [-0.15, -0.1) is 0 Å². The third-order valence-electron chi connectivity index (χ3n) is 5.35. The number of amides is 2. The van der Waals surface area contributed by atoms with Crippen LogP contribution in [0.2, 0.25) is 0 Å². The second-order valence-corrected chi connectivity index (χ2v) is 11.5. The lowest BCUT2D eigenvalue weighted by Crippen LogP contribution is -2.50. The number of hydrogen-bond donors (Lipinski definition) is 3. The molecule has 0 aliphatic heterocycles. The molecule has 0 spiro atoms. The van der Waals surface area contributed by atoms with E-state index >= 15 is 0 Å². The van der Waals surface area contributed by atoms with E-state index in [1.54, 1.807) is 29.5 Å². The van der Waals surface area contributed by atoms with Crippen molar-refractivity contribution in [2.24, 2.45) is 0 Å². The zero-order chi connectivity index (χ0) is 30.0. The predicted octanol–water partition coefficient (Wildman–Crippen LogP) is 5.20. The zero-order valence-corrected chi connectivity index (χ0v) is 23.5. The number of benzene rings is 2. The summed E-state index contributed by atoms with van der Waals surface area (Å²) in [4.78, 5) is 26.0. The topological polar surface area (TPSA) is 104 Å². The summed E-state index contributed by atoms with van der Waals surface area (Å²) in [6.07, 6.45) is -12.6. The van der Waals surface area contributed by atoms with E-state index < -0.39 is 57.2 Å². The quantitative estimate of drug-likeness (QED) is 0.248. The second-order valence-electron chi connectivity index (χ2n) is 8.45. The Morgan fingerprint density at radius 3 is 2.08 bits per heavy atom. The lowest BCUT2D eigenvalue weighted by molar-refractivity contribution is -0.348. The van der Waals surface area contributed by atoms with Crippen LogP contribution in [0.4, 0.5) is 36.4 Å². The van der Waals surface area contributed by atoms with Gasteiger partial charge in [0, 0.05) is 27.4 Å². The number of alkyl halides is 7. The minimum absolute atomic E-state index is 0.142. The van der Waals surface area contributed by atoms with Crippen molar-refractivity contribution in [3.05, 3.63) is 62.2 Å². The van der Waals surface area contributed by atoms with Crippen LogP contribution >= 0.6 is 22.6 Å². The van der Waals surface area contributed by atoms with Crippen LogP contribution in [0.3, 0.4) is 0 Å². The molecule has 1 atom stereocenters. The zero-order valence-electron chi connectivity index (χ0n) is 20.5. The summed E-state index contributed by atoms with van der Waals surface area (Å²) in [7, 11) is -3.69. The van der Waals surface area contributed by atoms with Gasteiger partial charge in [0.1, 0.15) is 0 Å². The van der Waals surface area contributed by atoms with Crippen molar-refractivity contribution in [3.63, 3.8) is 0 Å². The Hall–Kier alpha value is -2.47. The lowest BCUT2D eigenvalue weighted by Gasteiger charge is -2.30. The molecule has 0 fully saturated rings. The first kappa shape index (κ1) is 32.7. The van der Waals surface area contributed by atoms with Crippen LogP contribution in [0.15, 0.2) is 36.4 Å². The Morgan fingerprint density at radius 1 is 0.974 bits per heavy atom. The van der Waals surface area contributed by atoms with E-state index in [-0.39, 0.29) is 35.0 Å². The van der Waals surface area contributed by atoms with E-state index in [9.17, 15) is 48.7 Å². The van der Waals surface area contributed by atoms with Gasteiger partial charge < -0.3 is 10.6 Å². The van der Waals surface area contributed by atoms with Gasteiger partial charge in [-0.1, -0.05) is 25.1 Å². The molecular weight excluding hydrogens is 674 g/mol. The normalized spacial score (nSPS) is 13.6. The highest BCUT2D eigenvalue weighted by molar-refractivity contribution is 14.1. The molecule has 2 rings (SSSR count). The number of halogens is 8. The molecule has 0 saturated carbocycles. The number of anilines is 1. The molecule has 2 aromatic carbocycles. The van der Waals surface area contributed by atoms with Gasteiger partial charge in [0.25, 0.3) is 11.8 Å². The molecule has 0 aromatic heterocycles. The van der Waals surface area contributed by atoms with Gasteiger partial charge in [0.05, 0.1) is 16.9 Å². The number of hydrogen-bond acceptors (Lipinski definition) is 4. The maximum absolute atomic E-state index is 14.4. The van der Waals surface area contributed by atoms with Crippen molar-refractivity contribution in [2.75, 3.05) is 17.6 Å². The van der Waals surface area contributed by atoms with E-state index in [0.717, 1.165) is 6.92 Å². The summed E-state index contributed by atoms with van der Waals surface area (Å²) >= 11 is 1.76. The van der Waals surface area contributed by atoms with Gasteiger partial charge in [-0.25, -0.2) is 17.5 Å². The van der Waals surface area contributed by atoms with Crippen LogP contribution in [0.1, 0.15) is 45.7 Å². The van der Waals surface area contributed by atoms with Gasteiger partial charge in [-0.3, -0.25) is 9.59 Å². The van der Waals surface area contributed by atoms with Crippen molar-refractivity contribution in [2.45, 2.75) is 44.8 Å². The molecule has 216 valence electrons. The van der Waals surface area contributed by atoms with Crippen molar-refractivity contribution in [1.29, 1.82) is 0 Å². The van der Waals surface area contributed by atoms with E-state index in [1.807, 2.05) is 0 Å². The summed E-state index contributed by atoms with van der Waals surface area (Å²) < 4.78 is 119. The number of rotatable bonds is 9. The number of carbonyl (C=O) groups is 2. The largest absolute Gasteiger partial charge is 0.435 e.